The van der Waals surface area contributed by atoms with Crippen molar-refractivity contribution >= 4 is 11.8 Å². The van der Waals surface area contributed by atoms with Gasteiger partial charge in [0.2, 0.25) is 5.16 Å². The average Bonchev–Trinajstić information content (AvgIpc) is 2.79. The van der Waals surface area contributed by atoms with Crippen LogP contribution in [0.5, 0.6) is 0 Å². The summed E-state index contributed by atoms with van der Waals surface area (Å²) in [6.07, 6.45) is 0. The first-order valence-electron chi connectivity index (χ1n) is 5.40. The van der Waals surface area contributed by atoms with Crippen molar-refractivity contribution in [2.24, 2.45) is 0 Å². The minimum atomic E-state index is 0.575. The SMILES string of the molecule is CCOCSc1nnnn1Cc1ccccc1. The van der Waals surface area contributed by atoms with Crippen LogP contribution < -0.4 is 0 Å². The minimum Gasteiger partial charge on any atom is -0.371 e. The van der Waals surface area contributed by atoms with E-state index in [-0.39, 0.29) is 0 Å². The molecular formula is C11H14N4OS. The molecule has 0 N–H and O–H groups in total. The van der Waals surface area contributed by atoms with Crippen LogP contribution >= 0.6 is 11.8 Å². The zero-order valence-electron chi connectivity index (χ0n) is 9.61. The summed E-state index contributed by atoms with van der Waals surface area (Å²) >= 11 is 1.50. The number of hydrogen-bond acceptors (Lipinski definition) is 5. The Labute approximate surface area is 104 Å². The number of aromatic nitrogens is 4. The largest absolute Gasteiger partial charge is 0.371 e. The van der Waals surface area contributed by atoms with Crippen LogP contribution in [0.1, 0.15) is 12.5 Å². The Kier molecular flexibility index (Phi) is 4.52. The summed E-state index contributed by atoms with van der Waals surface area (Å²) in [7, 11) is 0. The molecule has 0 aliphatic heterocycles. The van der Waals surface area contributed by atoms with Gasteiger partial charge in [-0.25, -0.2) is 4.68 Å². The average molecular weight is 250 g/mol. The summed E-state index contributed by atoms with van der Waals surface area (Å²) in [6, 6.07) is 10.1. The Hall–Kier alpha value is -1.40. The van der Waals surface area contributed by atoms with Crippen molar-refractivity contribution in [1.82, 2.24) is 20.2 Å². The third kappa shape index (κ3) is 3.54. The first-order valence-corrected chi connectivity index (χ1v) is 6.39. The molecule has 6 heteroatoms. The number of benzene rings is 1. The Morgan fingerprint density at radius 1 is 1.29 bits per heavy atom. The van der Waals surface area contributed by atoms with Crippen LogP contribution in [0.3, 0.4) is 0 Å². The van der Waals surface area contributed by atoms with E-state index >= 15 is 0 Å². The van der Waals surface area contributed by atoms with Gasteiger partial charge in [0.1, 0.15) is 0 Å². The number of rotatable bonds is 6. The summed E-state index contributed by atoms with van der Waals surface area (Å²) in [5.74, 6) is 0.575. The lowest BCUT2D eigenvalue weighted by molar-refractivity contribution is 0.199. The van der Waals surface area contributed by atoms with Crippen LogP contribution in [0, 0.1) is 0 Å². The van der Waals surface area contributed by atoms with Crippen molar-refractivity contribution in [3.63, 3.8) is 0 Å². The Morgan fingerprint density at radius 3 is 2.88 bits per heavy atom. The second-order valence-electron chi connectivity index (χ2n) is 3.36. The van der Waals surface area contributed by atoms with Crippen molar-refractivity contribution in [3.05, 3.63) is 35.9 Å². The van der Waals surface area contributed by atoms with Gasteiger partial charge < -0.3 is 4.74 Å². The van der Waals surface area contributed by atoms with Gasteiger partial charge in [0.25, 0.3) is 0 Å². The van der Waals surface area contributed by atoms with E-state index in [9.17, 15) is 0 Å². The summed E-state index contributed by atoms with van der Waals surface area (Å²) in [5.41, 5.74) is 1.18. The second kappa shape index (κ2) is 6.36. The Balaban J connectivity index is 1.99. The summed E-state index contributed by atoms with van der Waals surface area (Å²) in [4.78, 5) is 0. The zero-order chi connectivity index (χ0) is 11.9. The highest BCUT2D eigenvalue weighted by atomic mass is 32.2. The van der Waals surface area contributed by atoms with Crippen molar-refractivity contribution in [2.75, 3.05) is 12.5 Å². The van der Waals surface area contributed by atoms with Gasteiger partial charge in [-0.3, -0.25) is 0 Å². The molecule has 0 aliphatic carbocycles. The van der Waals surface area contributed by atoms with Crippen LogP contribution in [0.2, 0.25) is 0 Å². The predicted molar refractivity (Wildman–Crippen MR) is 65.7 cm³/mol. The smallest absolute Gasteiger partial charge is 0.211 e. The number of thioether (sulfide) groups is 1. The van der Waals surface area contributed by atoms with E-state index in [2.05, 4.69) is 27.7 Å². The normalized spacial score (nSPS) is 10.6. The molecule has 0 unspecified atom stereocenters. The van der Waals surface area contributed by atoms with E-state index in [1.54, 1.807) is 4.68 Å². The lowest BCUT2D eigenvalue weighted by Gasteiger charge is -2.04. The van der Waals surface area contributed by atoms with Gasteiger partial charge in [-0.15, -0.1) is 5.10 Å². The standard InChI is InChI=1S/C11H14N4OS/c1-2-16-9-17-11-12-13-14-15(11)8-10-6-4-3-5-7-10/h3-7H,2,8-9H2,1H3. The Morgan fingerprint density at radius 2 is 2.12 bits per heavy atom. The molecule has 1 aromatic carbocycles. The van der Waals surface area contributed by atoms with Gasteiger partial charge in [-0.2, -0.15) is 0 Å². The lowest BCUT2D eigenvalue weighted by atomic mass is 10.2. The maximum absolute atomic E-state index is 5.27. The molecule has 0 amide bonds. The molecule has 5 nitrogen and oxygen atoms in total. The second-order valence-corrected chi connectivity index (χ2v) is 4.25. The molecule has 17 heavy (non-hydrogen) atoms. The van der Waals surface area contributed by atoms with Gasteiger partial charge in [0, 0.05) is 6.61 Å². The maximum Gasteiger partial charge on any atom is 0.211 e. The van der Waals surface area contributed by atoms with Gasteiger partial charge >= 0.3 is 0 Å². The van der Waals surface area contributed by atoms with E-state index in [0.29, 0.717) is 19.1 Å². The van der Waals surface area contributed by atoms with Crippen molar-refractivity contribution in [3.8, 4) is 0 Å². The van der Waals surface area contributed by atoms with Gasteiger partial charge in [-0.1, -0.05) is 42.1 Å². The van der Waals surface area contributed by atoms with Crippen LogP contribution in [-0.4, -0.2) is 32.8 Å². The predicted octanol–water partition coefficient (Wildman–Crippen LogP) is 1.81. The van der Waals surface area contributed by atoms with Gasteiger partial charge in [0.05, 0.1) is 12.5 Å². The first-order chi connectivity index (χ1) is 8.40. The third-order valence-corrected chi connectivity index (χ3v) is 2.98. The molecule has 0 atom stereocenters. The molecule has 0 bridgehead atoms. The van der Waals surface area contributed by atoms with Gasteiger partial charge in [-0.05, 0) is 22.9 Å². The quantitative estimate of drug-likeness (QED) is 0.444. The molecule has 0 aliphatic rings. The molecule has 0 spiro atoms. The highest BCUT2D eigenvalue weighted by molar-refractivity contribution is 7.99. The minimum absolute atomic E-state index is 0.575. The number of hydrogen-bond donors (Lipinski definition) is 0. The monoisotopic (exact) mass is 250 g/mol. The van der Waals surface area contributed by atoms with E-state index in [1.165, 1.54) is 17.3 Å². The molecule has 1 aromatic heterocycles. The fourth-order valence-electron chi connectivity index (χ4n) is 1.33. The molecule has 0 fully saturated rings. The number of tetrazole rings is 1. The fraction of sp³-hybridized carbons (Fsp3) is 0.364. The van der Waals surface area contributed by atoms with Crippen molar-refractivity contribution < 1.29 is 4.74 Å². The van der Waals surface area contributed by atoms with Crippen LogP contribution in [0.25, 0.3) is 0 Å². The number of nitrogens with zero attached hydrogens (tertiary/aromatic N) is 4. The fourth-order valence-corrected chi connectivity index (χ4v) is 2.03. The lowest BCUT2D eigenvalue weighted by Crippen LogP contribution is -2.04. The molecule has 0 radical (unpaired) electrons. The molecular weight excluding hydrogens is 236 g/mol. The summed E-state index contributed by atoms with van der Waals surface area (Å²) in [5, 5.41) is 12.4. The molecule has 90 valence electrons. The molecule has 2 aromatic rings. The first kappa shape index (κ1) is 12.1. The summed E-state index contributed by atoms with van der Waals surface area (Å²) < 4.78 is 7.04. The van der Waals surface area contributed by atoms with E-state index in [4.69, 9.17) is 4.74 Å². The Bertz CT molecular complexity index is 446. The highest BCUT2D eigenvalue weighted by Gasteiger charge is 2.06. The van der Waals surface area contributed by atoms with Crippen molar-refractivity contribution in [2.45, 2.75) is 18.6 Å². The number of ether oxygens (including phenoxy) is 1. The molecule has 0 saturated carbocycles. The third-order valence-electron chi connectivity index (χ3n) is 2.15. The van der Waals surface area contributed by atoms with E-state index in [0.717, 1.165) is 5.16 Å². The summed E-state index contributed by atoms with van der Waals surface area (Å²) in [6.45, 7) is 3.35. The van der Waals surface area contributed by atoms with Crippen LogP contribution in [-0.2, 0) is 11.3 Å². The topological polar surface area (TPSA) is 52.8 Å². The van der Waals surface area contributed by atoms with E-state index < -0.39 is 0 Å². The van der Waals surface area contributed by atoms with E-state index in [1.807, 2.05) is 25.1 Å². The van der Waals surface area contributed by atoms with Crippen molar-refractivity contribution in [1.29, 1.82) is 0 Å². The highest BCUT2D eigenvalue weighted by Crippen LogP contribution is 2.14. The zero-order valence-corrected chi connectivity index (χ0v) is 10.4. The van der Waals surface area contributed by atoms with Crippen LogP contribution in [0.15, 0.2) is 35.5 Å². The molecule has 1 heterocycles. The van der Waals surface area contributed by atoms with Crippen LogP contribution in [0.4, 0.5) is 0 Å². The maximum atomic E-state index is 5.27. The molecule has 2 rings (SSSR count). The molecule has 0 saturated heterocycles. The van der Waals surface area contributed by atoms with Gasteiger partial charge in [0.15, 0.2) is 0 Å².